The number of rotatable bonds is 6. The summed E-state index contributed by atoms with van der Waals surface area (Å²) in [5, 5.41) is 11.5. The van der Waals surface area contributed by atoms with Gasteiger partial charge in [-0.25, -0.2) is 8.42 Å². The summed E-state index contributed by atoms with van der Waals surface area (Å²) in [6, 6.07) is 10.4. The van der Waals surface area contributed by atoms with Crippen molar-refractivity contribution in [1.29, 1.82) is 0 Å². The number of piperazine rings is 1. The van der Waals surface area contributed by atoms with Crippen LogP contribution in [0.2, 0.25) is 0 Å². The van der Waals surface area contributed by atoms with E-state index < -0.39 is 20.6 Å². The number of hydrogen-bond donors (Lipinski definition) is 0. The Labute approximate surface area is 163 Å². The van der Waals surface area contributed by atoms with Crippen LogP contribution in [0.5, 0.6) is 17.2 Å². The van der Waals surface area contributed by atoms with E-state index in [1.165, 1.54) is 23.5 Å². The zero-order chi connectivity index (χ0) is 20.3. The Balaban J connectivity index is 1.94. The molecule has 0 amide bonds. The molecule has 10 heteroatoms. The SMILES string of the molecule is COc1ccccc1Oc1ccc(S(=O)(=O)N2CCN(C)CC2)cc1[N+](=O)[O-]. The van der Waals surface area contributed by atoms with Crippen LogP contribution in [0.25, 0.3) is 0 Å². The molecule has 0 N–H and O–H groups in total. The average molecular weight is 407 g/mol. The van der Waals surface area contributed by atoms with Crippen molar-refractivity contribution in [2.45, 2.75) is 4.90 Å². The van der Waals surface area contributed by atoms with Gasteiger partial charge >= 0.3 is 5.69 Å². The fourth-order valence-electron chi connectivity index (χ4n) is 2.89. The normalized spacial score (nSPS) is 15.9. The molecule has 0 spiro atoms. The highest BCUT2D eigenvalue weighted by Crippen LogP contribution is 2.37. The van der Waals surface area contributed by atoms with Crippen LogP contribution in [0.1, 0.15) is 0 Å². The van der Waals surface area contributed by atoms with E-state index in [4.69, 9.17) is 9.47 Å². The number of nitro benzene ring substituents is 1. The Morgan fingerprint density at radius 1 is 1.00 bits per heavy atom. The van der Waals surface area contributed by atoms with Gasteiger partial charge in [0, 0.05) is 32.2 Å². The first-order valence-corrected chi connectivity index (χ1v) is 10.0. The maximum atomic E-state index is 12.9. The van der Waals surface area contributed by atoms with Crippen molar-refractivity contribution < 1.29 is 22.8 Å². The van der Waals surface area contributed by atoms with Crippen LogP contribution >= 0.6 is 0 Å². The number of ether oxygens (including phenoxy) is 2. The minimum atomic E-state index is -3.82. The van der Waals surface area contributed by atoms with Crippen molar-refractivity contribution >= 4 is 15.7 Å². The summed E-state index contributed by atoms with van der Waals surface area (Å²) >= 11 is 0. The van der Waals surface area contributed by atoms with Gasteiger partial charge in [0.05, 0.1) is 16.9 Å². The molecule has 0 saturated carbocycles. The molecule has 2 aromatic rings. The molecule has 1 saturated heterocycles. The van der Waals surface area contributed by atoms with Crippen molar-refractivity contribution in [3.8, 4) is 17.2 Å². The largest absolute Gasteiger partial charge is 0.493 e. The minimum absolute atomic E-state index is 0.0631. The van der Waals surface area contributed by atoms with Gasteiger partial charge < -0.3 is 14.4 Å². The molecule has 0 aromatic heterocycles. The highest BCUT2D eigenvalue weighted by Gasteiger charge is 2.30. The predicted molar refractivity (Wildman–Crippen MR) is 102 cm³/mol. The number of benzene rings is 2. The average Bonchev–Trinajstić information content (AvgIpc) is 2.68. The summed E-state index contributed by atoms with van der Waals surface area (Å²) < 4.78 is 37.9. The number of methoxy groups -OCH3 is 1. The van der Waals surface area contributed by atoms with E-state index in [0.29, 0.717) is 37.7 Å². The molecule has 9 nitrogen and oxygen atoms in total. The second-order valence-electron chi connectivity index (χ2n) is 6.35. The fraction of sp³-hybridized carbons (Fsp3) is 0.333. The number of hydrogen-bond acceptors (Lipinski definition) is 7. The molecule has 150 valence electrons. The Kier molecular flexibility index (Phi) is 5.82. The maximum Gasteiger partial charge on any atom is 0.312 e. The second-order valence-corrected chi connectivity index (χ2v) is 8.28. The van der Waals surface area contributed by atoms with Crippen molar-refractivity contribution in [1.82, 2.24) is 9.21 Å². The first-order valence-electron chi connectivity index (χ1n) is 8.61. The third-order valence-corrected chi connectivity index (χ3v) is 6.41. The standard InChI is InChI=1S/C18H21N3O6S/c1-19-9-11-20(12-10-19)28(24,25)14-7-8-16(15(13-14)21(22)23)27-18-6-4-3-5-17(18)26-2/h3-8,13H,9-12H2,1-2H3. The molecule has 1 aliphatic heterocycles. The van der Waals surface area contributed by atoms with Crippen molar-refractivity contribution in [3.63, 3.8) is 0 Å². The Bertz CT molecular complexity index is 971. The number of para-hydroxylation sites is 2. The highest BCUT2D eigenvalue weighted by molar-refractivity contribution is 7.89. The van der Waals surface area contributed by atoms with Crippen molar-refractivity contribution in [2.75, 3.05) is 40.3 Å². The number of likely N-dealkylation sites (N-methyl/N-ethyl adjacent to an activating group) is 1. The summed E-state index contributed by atoms with van der Waals surface area (Å²) in [6.07, 6.45) is 0. The first kappa shape index (κ1) is 20.1. The highest BCUT2D eigenvalue weighted by atomic mass is 32.2. The lowest BCUT2D eigenvalue weighted by molar-refractivity contribution is -0.385. The molecule has 28 heavy (non-hydrogen) atoms. The zero-order valence-corrected chi connectivity index (χ0v) is 16.4. The molecule has 0 aliphatic carbocycles. The van der Waals surface area contributed by atoms with Crippen LogP contribution in [0, 0.1) is 10.1 Å². The lowest BCUT2D eigenvalue weighted by atomic mass is 10.3. The van der Waals surface area contributed by atoms with Gasteiger partial charge in [0.2, 0.25) is 15.8 Å². The first-order chi connectivity index (χ1) is 13.3. The van der Waals surface area contributed by atoms with Gasteiger partial charge in [-0.15, -0.1) is 0 Å². The van der Waals surface area contributed by atoms with Crippen LogP contribution in [0.3, 0.4) is 0 Å². The molecule has 1 aliphatic rings. The predicted octanol–water partition coefficient (Wildman–Crippen LogP) is 2.33. The van der Waals surface area contributed by atoms with E-state index in [9.17, 15) is 18.5 Å². The van der Waals surface area contributed by atoms with Crippen molar-refractivity contribution in [3.05, 3.63) is 52.6 Å². The van der Waals surface area contributed by atoms with Crippen LogP contribution in [0.4, 0.5) is 5.69 Å². The molecular formula is C18H21N3O6S. The summed E-state index contributed by atoms with van der Waals surface area (Å²) in [6.45, 7) is 1.89. The number of nitrogens with zero attached hydrogens (tertiary/aromatic N) is 3. The Morgan fingerprint density at radius 3 is 2.25 bits per heavy atom. The van der Waals surface area contributed by atoms with Gasteiger partial charge in [0.25, 0.3) is 0 Å². The topological polar surface area (TPSA) is 102 Å². The minimum Gasteiger partial charge on any atom is -0.493 e. The van der Waals surface area contributed by atoms with Gasteiger partial charge in [-0.2, -0.15) is 4.31 Å². The Hall–Kier alpha value is -2.69. The monoisotopic (exact) mass is 407 g/mol. The quantitative estimate of drug-likeness (QED) is 0.535. The van der Waals surface area contributed by atoms with Gasteiger partial charge in [-0.05, 0) is 31.3 Å². The number of nitro groups is 1. The zero-order valence-electron chi connectivity index (χ0n) is 15.6. The van der Waals surface area contributed by atoms with E-state index in [1.54, 1.807) is 24.3 Å². The Morgan fingerprint density at radius 2 is 1.64 bits per heavy atom. The summed E-state index contributed by atoms with van der Waals surface area (Å²) in [7, 11) is -0.446. The summed E-state index contributed by atoms with van der Waals surface area (Å²) in [5.41, 5.74) is -0.430. The van der Waals surface area contributed by atoms with Crippen LogP contribution in [-0.2, 0) is 10.0 Å². The van der Waals surface area contributed by atoms with Gasteiger partial charge in [0.15, 0.2) is 11.5 Å². The van der Waals surface area contributed by atoms with E-state index in [1.807, 2.05) is 11.9 Å². The van der Waals surface area contributed by atoms with Crippen LogP contribution < -0.4 is 9.47 Å². The van der Waals surface area contributed by atoms with Crippen LogP contribution in [-0.4, -0.2) is 62.9 Å². The van der Waals surface area contributed by atoms with Gasteiger partial charge in [-0.3, -0.25) is 10.1 Å². The molecule has 0 radical (unpaired) electrons. The third-order valence-electron chi connectivity index (χ3n) is 4.52. The fourth-order valence-corrected chi connectivity index (χ4v) is 4.33. The summed E-state index contributed by atoms with van der Waals surface area (Å²) in [4.78, 5) is 12.8. The summed E-state index contributed by atoms with van der Waals surface area (Å²) in [5.74, 6) is 0.639. The molecule has 3 rings (SSSR count). The molecule has 0 atom stereocenters. The molecule has 1 heterocycles. The lowest BCUT2D eigenvalue weighted by Gasteiger charge is -2.31. The maximum absolute atomic E-state index is 12.9. The molecular weight excluding hydrogens is 386 g/mol. The van der Waals surface area contributed by atoms with Crippen molar-refractivity contribution in [2.24, 2.45) is 0 Å². The van der Waals surface area contributed by atoms with Gasteiger partial charge in [0.1, 0.15) is 0 Å². The second kappa shape index (κ2) is 8.13. The van der Waals surface area contributed by atoms with E-state index >= 15 is 0 Å². The van der Waals surface area contributed by atoms with Crippen LogP contribution in [0.15, 0.2) is 47.4 Å². The van der Waals surface area contributed by atoms with E-state index in [2.05, 4.69) is 0 Å². The smallest absolute Gasteiger partial charge is 0.312 e. The van der Waals surface area contributed by atoms with E-state index in [-0.39, 0.29) is 10.6 Å². The molecule has 0 bridgehead atoms. The van der Waals surface area contributed by atoms with E-state index in [0.717, 1.165) is 6.07 Å². The molecule has 1 fully saturated rings. The molecule has 0 unspecified atom stereocenters. The van der Waals surface area contributed by atoms with Gasteiger partial charge in [-0.1, -0.05) is 12.1 Å². The third kappa shape index (κ3) is 4.08. The lowest BCUT2D eigenvalue weighted by Crippen LogP contribution is -2.47. The molecule has 2 aromatic carbocycles. The number of sulfonamides is 1.